The second kappa shape index (κ2) is 9.66. The topological polar surface area (TPSA) is 70.1 Å². The van der Waals surface area contributed by atoms with Crippen molar-refractivity contribution < 1.29 is 19.4 Å². The average Bonchev–Trinajstić information content (AvgIpc) is 3.32. The lowest BCUT2D eigenvalue weighted by molar-refractivity contribution is -0.140. The van der Waals surface area contributed by atoms with Crippen LogP contribution in [-0.2, 0) is 9.59 Å². The molecule has 0 aliphatic carbocycles. The molecule has 0 spiro atoms. The van der Waals surface area contributed by atoms with E-state index in [2.05, 4.69) is 13.8 Å². The maximum Gasteiger partial charge on any atom is 0.295 e. The summed E-state index contributed by atoms with van der Waals surface area (Å²) in [7, 11) is 3.84. The van der Waals surface area contributed by atoms with Crippen molar-refractivity contribution in [1.82, 2.24) is 9.80 Å². The van der Waals surface area contributed by atoms with Crippen molar-refractivity contribution in [2.45, 2.75) is 26.8 Å². The van der Waals surface area contributed by atoms with E-state index >= 15 is 0 Å². The number of carbonyl (C=O) groups is 2. The van der Waals surface area contributed by atoms with Gasteiger partial charge in [-0.3, -0.25) is 9.59 Å². The maximum atomic E-state index is 13.0. The van der Waals surface area contributed by atoms with E-state index in [0.717, 1.165) is 16.2 Å². The molecule has 6 nitrogen and oxygen atoms in total. The molecule has 1 N–H and O–H groups in total. The van der Waals surface area contributed by atoms with Crippen molar-refractivity contribution in [2.24, 2.45) is 5.92 Å². The summed E-state index contributed by atoms with van der Waals surface area (Å²) in [5.41, 5.74) is 1.50. The van der Waals surface area contributed by atoms with Crippen LogP contribution in [0, 0.1) is 12.8 Å². The number of likely N-dealkylation sites (N-methyl/N-ethyl adjacent to an activating group) is 1. The zero-order valence-corrected chi connectivity index (χ0v) is 19.5. The molecule has 2 heterocycles. The molecular formula is C24H30N2O4S. The van der Waals surface area contributed by atoms with Crippen molar-refractivity contribution in [3.05, 3.63) is 57.3 Å². The number of ether oxygens (including phenoxy) is 1. The Morgan fingerprint density at radius 3 is 2.58 bits per heavy atom. The molecule has 3 rings (SSSR count). The van der Waals surface area contributed by atoms with Gasteiger partial charge < -0.3 is 19.6 Å². The van der Waals surface area contributed by atoms with Crippen LogP contribution in [0.1, 0.15) is 35.9 Å². The first-order chi connectivity index (χ1) is 14.7. The van der Waals surface area contributed by atoms with E-state index in [9.17, 15) is 14.7 Å². The summed E-state index contributed by atoms with van der Waals surface area (Å²) in [4.78, 5) is 30.2. The molecule has 1 saturated heterocycles. The van der Waals surface area contributed by atoms with Gasteiger partial charge in [0.2, 0.25) is 0 Å². The molecule has 31 heavy (non-hydrogen) atoms. The molecule has 1 fully saturated rings. The first kappa shape index (κ1) is 23.0. The van der Waals surface area contributed by atoms with Gasteiger partial charge in [-0.15, -0.1) is 11.3 Å². The fourth-order valence-corrected chi connectivity index (χ4v) is 4.38. The summed E-state index contributed by atoms with van der Waals surface area (Å²) < 4.78 is 5.82. The normalized spacial score (nSPS) is 18.4. The van der Waals surface area contributed by atoms with E-state index in [1.165, 1.54) is 11.3 Å². The zero-order valence-electron chi connectivity index (χ0n) is 18.7. The number of likely N-dealkylation sites (tertiary alicyclic amines) is 1. The number of amides is 1. The predicted molar refractivity (Wildman–Crippen MR) is 123 cm³/mol. The third-order valence-electron chi connectivity index (χ3n) is 5.16. The highest BCUT2D eigenvalue weighted by Gasteiger charge is 2.46. The van der Waals surface area contributed by atoms with Crippen LogP contribution in [0.15, 0.2) is 41.3 Å². The number of rotatable bonds is 8. The van der Waals surface area contributed by atoms with Crippen LogP contribution in [0.4, 0.5) is 0 Å². The van der Waals surface area contributed by atoms with E-state index in [-0.39, 0.29) is 11.3 Å². The zero-order chi connectivity index (χ0) is 22.7. The Labute approximate surface area is 187 Å². The maximum absolute atomic E-state index is 13.0. The summed E-state index contributed by atoms with van der Waals surface area (Å²) in [5.74, 6) is -0.228. The van der Waals surface area contributed by atoms with Crippen LogP contribution in [0.25, 0.3) is 5.76 Å². The quantitative estimate of drug-likeness (QED) is 0.379. The molecule has 1 aromatic heterocycles. The lowest BCUT2D eigenvalue weighted by Crippen LogP contribution is -2.35. The largest absolute Gasteiger partial charge is 0.507 e. The Bertz CT molecular complexity index is 979. The fraction of sp³-hybridized carbons (Fsp3) is 0.417. The number of carbonyl (C=O) groups excluding carboxylic acids is 2. The van der Waals surface area contributed by atoms with Crippen LogP contribution in [0.2, 0.25) is 0 Å². The van der Waals surface area contributed by atoms with Gasteiger partial charge in [0, 0.05) is 23.5 Å². The molecule has 1 aromatic carbocycles. The summed E-state index contributed by atoms with van der Waals surface area (Å²) in [6.07, 6.45) is 0. The van der Waals surface area contributed by atoms with Crippen molar-refractivity contribution in [3.8, 4) is 5.75 Å². The highest BCUT2D eigenvalue weighted by molar-refractivity contribution is 7.10. The van der Waals surface area contributed by atoms with Crippen molar-refractivity contribution in [2.75, 3.05) is 33.8 Å². The molecule has 1 aliphatic heterocycles. The van der Waals surface area contributed by atoms with Gasteiger partial charge >= 0.3 is 0 Å². The van der Waals surface area contributed by atoms with Gasteiger partial charge in [-0.1, -0.05) is 19.9 Å². The van der Waals surface area contributed by atoms with Crippen LogP contribution in [0.5, 0.6) is 5.75 Å². The predicted octanol–water partition coefficient (Wildman–Crippen LogP) is 4.07. The van der Waals surface area contributed by atoms with Gasteiger partial charge in [0.25, 0.3) is 11.7 Å². The number of hydrogen-bond donors (Lipinski definition) is 1. The molecule has 0 saturated carbocycles. The lowest BCUT2D eigenvalue weighted by Gasteiger charge is -2.25. The van der Waals surface area contributed by atoms with Crippen molar-refractivity contribution in [1.29, 1.82) is 0 Å². The highest BCUT2D eigenvalue weighted by atomic mass is 32.1. The Hall–Kier alpha value is -2.64. The number of hydrogen-bond acceptors (Lipinski definition) is 6. The van der Waals surface area contributed by atoms with Gasteiger partial charge in [0.15, 0.2) is 0 Å². The first-order valence-corrected chi connectivity index (χ1v) is 11.3. The summed E-state index contributed by atoms with van der Waals surface area (Å²) in [6, 6.07) is 8.52. The second-order valence-corrected chi connectivity index (χ2v) is 9.48. The Balaban J connectivity index is 2.02. The van der Waals surface area contributed by atoms with Gasteiger partial charge in [-0.25, -0.2) is 0 Å². The monoisotopic (exact) mass is 442 g/mol. The minimum atomic E-state index is -0.646. The third kappa shape index (κ3) is 4.99. The first-order valence-electron chi connectivity index (χ1n) is 10.4. The minimum Gasteiger partial charge on any atom is -0.507 e. The molecule has 7 heteroatoms. The number of ketones is 1. The lowest BCUT2D eigenvalue weighted by atomic mass is 9.98. The number of thiophene rings is 1. The number of Topliss-reactive ketones (excluding diaryl/α,β-unsaturated/α-hetero) is 1. The van der Waals surface area contributed by atoms with Gasteiger partial charge in [-0.2, -0.15) is 0 Å². The number of aliphatic hydroxyl groups excluding tert-OH is 1. The van der Waals surface area contributed by atoms with E-state index in [4.69, 9.17) is 4.74 Å². The highest BCUT2D eigenvalue weighted by Crippen LogP contribution is 2.41. The SMILES string of the molecule is Cc1cc(/C(O)=C2\C(=O)C(=O)N(CCN(C)C)[C@@H]2c2cccs2)ccc1OCC(C)C. The molecule has 1 atom stereocenters. The number of benzene rings is 1. The fourth-order valence-electron chi connectivity index (χ4n) is 3.53. The summed E-state index contributed by atoms with van der Waals surface area (Å²) in [6.45, 7) is 7.68. The van der Waals surface area contributed by atoms with Gasteiger partial charge in [0.1, 0.15) is 11.5 Å². The Morgan fingerprint density at radius 1 is 1.26 bits per heavy atom. The molecule has 0 radical (unpaired) electrons. The number of aryl methyl sites for hydroxylation is 1. The summed E-state index contributed by atoms with van der Waals surface area (Å²) >= 11 is 1.47. The van der Waals surface area contributed by atoms with Crippen LogP contribution < -0.4 is 4.74 Å². The molecule has 0 bridgehead atoms. The Kier molecular flexibility index (Phi) is 7.18. The molecule has 2 aromatic rings. The van der Waals surface area contributed by atoms with E-state index in [1.54, 1.807) is 23.1 Å². The summed E-state index contributed by atoms with van der Waals surface area (Å²) in [5, 5.41) is 13.0. The van der Waals surface area contributed by atoms with Gasteiger partial charge in [-0.05, 0) is 62.1 Å². The van der Waals surface area contributed by atoms with Gasteiger partial charge in [0.05, 0.1) is 18.2 Å². The molecule has 0 unspecified atom stereocenters. The smallest absolute Gasteiger partial charge is 0.295 e. The van der Waals surface area contributed by atoms with E-state index < -0.39 is 17.7 Å². The van der Waals surface area contributed by atoms with Crippen molar-refractivity contribution in [3.63, 3.8) is 0 Å². The van der Waals surface area contributed by atoms with Crippen LogP contribution in [0.3, 0.4) is 0 Å². The number of nitrogens with zero attached hydrogens (tertiary/aromatic N) is 2. The number of aliphatic hydroxyl groups is 1. The molecular weight excluding hydrogens is 412 g/mol. The average molecular weight is 443 g/mol. The van der Waals surface area contributed by atoms with Crippen LogP contribution >= 0.6 is 11.3 Å². The van der Waals surface area contributed by atoms with E-state index in [0.29, 0.717) is 31.2 Å². The van der Waals surface area contributed by atoms with E-state index in [1.807, 2.05) is 43.4 Å². The molecule has 166 valence electrons. The molecule has 1 amide bonds. The second-order valence-electron chi connectivity index (χ2n) is 8.50. The standard InChI is InChI=1S/C24H30N2O4S/c1-15(2)14-30-18-9-8-17(13-16(18)3)22(27)20-21(19-7-6-12-31-19)26(11-10-25(4)5)24(29)23(20)28/h6-9,12-13,15,21,27H,10-11,14H2,1-5H3/b22-20+/t21-/m1/s1. The Morgan fingerprint density at radius 2 is 2.00 bits per heavy atom. The van der Waals surface area contributed by atoms with Crippen molar-refractivity contribution >= 4 is 28.8 Å². The van der Waals surface area contributed by atoms with Crippen LogP contribution in [-0.4, -0.2) is 60.4 Å². The third-order valence-corrected chi connectivity index (χ3v) is 6.09. The minimum absolute atomic E-state index is 0.140. The molecule has 1 aliphatic rings.